The van der Waals surface area contributed by atoms with Gasteiger partial charge in [0, 0.05) is 21.2 Å². The number of aromatic amines is 1. The summed E-state index contributed by atoms with van der Waals surface area (Å²) in [5, 5.41) is 12.6. The van der Waals surface area contributed by atoms with E-state index in [4.69, 9.17) is 5.73 Å². The fourth-order valence-corrected chi connectivity index (χ4v) is 4.59. The first-order valence-corrected chi connectivity index (χ1v) is 9.81. The predicted molar refractivity (Wildman–Crippen MR) is 114 cm³/mol. The molecule has 138 valence electrons. The summed E-state index contributed by atoms with van der Waals surface area (Å²) >= 11 is 1.48. The highest BCUT2D eigenvalue weighted by molar-refractivity contribution is 7.19. The van der Waals surface area contributed by atoms with Gasteiger partial charge in [0.05, 0.1) is 5.52 Å². The second-order valence-corrected chi connectivity index (χ2v) is 8.41. The highest BCUT2D eigenvalue weighted by Crippen LogP contribution is 2.42. The van der Waals surface area contributed by atoms with Gasteiger partial charge in [-0.1, -0.05) is 31.2 Å². The van der Waals surface area contributed by atoms with Crippen molar-refractivity contribution in [2.24, 2.45) is 5.73 Å². The molecule has 2 heterocycles. The van der Waals surface area contributed by atoms with E-state index in [1.165, 1.54) is 16.9 Å². The summed E-state index contributed by atoms with van der Waals surface area (Å²) in [5.74, 6) is 0.502. The Morgan fingerprint density at radius 1 is 1.19 bits per heavy atom. The lowest BCUT2D eigenvalue weighted by molar-refractivity contribution is 0.477. The zero-order valence-electron chi connectivity index (χ0n) is 15.6. The van der Waals surface area contributed by atoms with Crippen molar-refractivity contribution in [3.8, 4) is 16.9 Å². The first kappa shape index (κ1) is 17.8. The van der Waals surface area contributed by atoms with Gasteiger partial charge in [0.1, 0.15) is 10.4 Å². The number of benzene rings is 2. The van der Waals surface area contributed by atoms with Crippen molar-refractivity contribution >= 4 is 32.3 Å². The summed E-state index contributed by atoms with van der Waals surface area (Å²) in [6.07, 6.45) is 0. The molecule has 5 heteroatoms. The number of phenolic OH excluding ortho intramolecular Hbond substituents is 1. The van der Waals surface area contributed by atoms with Crippen molar-refractivity contribution in [3.63, 3.8) is 0 Å². The average molecular weight is 378 g/mol. The summed E-state index contributed by atoms with van der Waals surface area (Å²) in [6, 6.07) is 11.9. The van der Waals surface area contributed by atoms with E-state index in [9.17, 15) is 9.90 Å². The molecule has 2 aromatic heterocycles. The molecule has 0 saturated carbocycles. The van der Waals surface area contributed by atoms with Gasteiger partial charge in [-0.2, -0.15) is 0 Å². The molecule has 0 aliphatic heterocycles. The van der Waals surface area contributed by atoms with Gasteiger partial charge in [0.25, 0.3) is 5.56 Å². The van der Waals surface area contributed by atoms with Crippen LogP contribution >= 0.6 is 11.3 Å². The van der Waals surface area contributed by atoms with Crippen LogP contribution in [-0.4, -0.2) is 16.6 Å². The van der Waals surface area contributed by atoms with Crippen LogP contribution in [-0.2, 0) is 0 Å². The van der Waals surface area contributed by atoms with Crippen LogP contribution in [0.1, 0.15) is 28.8 Å². The van der Waals surface area contributed by atoms with Gasteiger partial charge in [-0.3, -0.25) is 4.79 Å². The highest BCUT2D eigenvalue weighted by atomic mass is 32.1. The first-order valence-electron chi connectivity index (χ1n) is 8.99. The number of aryl methyl sites for hydroxylation is 2. The van der Waals surface area contributed by atoms with Crippen molar-refractivity contribution in [2.45, 2.75) is 26.7 Å². The molecule has 2 aromatic carbocycles. The molecule has 4 N–H and O–H groups in total. The molecular formula is C22H22N2O2S. The SMILES string of the molecule is Cc1cc2c(s1)c(=O)[nH]c1c(C)cc(O)c(-c3ccc(C(C)CN)cc3)c12. The molecule has 0 spiro atoms. The summed E-state index contributed by atoms with van der Waals surface area (Å²) in [7, 11) is 0. The Hall–Kier alpha value is -2.63. The van der Waals surface area contributed by atoms with Crippen LogP contribution < -0.4 is 11.3 Å². The number of aromatic nitrogens is 1. The summed E-state index contributed by atoms with van der Waals surface area (Å²) in [4.78, 5) is 16.6. The third-order valence-electron chi connectivity index (χ3n) is 5.20. The lowest BCUT2D eigenvalue weighted by Crippen LogP contribution is -2.08. The Kier molecular flexibility index (Phi) is 4.29. The molecule has 4 nitrogen and oxygen atoms in total. The Labute approximate surface area is 161 Å². The molecular weight excluding hydrogens is 356 g/mol. The zero-order valence-corrected chi connectivity index (χ0v) is 16.4. The number of nitrogens with one attached hydrogen (secondary N) is 1. The molecule has 0 fully saturated rings. The van der Waals surface area contributed by atoms with Crippen molar-refractivity contribution in [1.29, 1.82) is 0 Å². The minimum absolute atomic E-state index is 0.0811. The molecule has 1 atom stereocenters. The number of hydrogen-bond donors (Lipinski definition) is 3. The topological polar surface area (TPSA) is 79.1 Å². The maximum Gasteiger partial charge on any atom is 0.266 e. The quantitative estimate of drug-likeness (QED) is 0.479. The van der Waals surface area contributed by atoms with Gasteiger partial charge < -0.3 is 15.8 Å². The Balaban J connectivity index is 2.08. The molecule has 1 unspecified atom stereocenters. The van der Waals surface area contributed by atoms with E-state index in [-0.39, 0.29) is 17.2 Å². The van der Waals surface area contributed by atoms with Crippen LogP contribution in [0.2, 0.25) is 0 Å². The maximum absolute atomic E-state index is 12.5. The third-order valence-corrected chi connectivity index (χ3v) is 6.24. The van der Waals surface area contributed by atoms with Crippen molar-refractivity contribution in [2.75, 3.05) is 6.54 Å². The molecule has 27 heavy (non-hydrogen) atoms. The fourth-order valence-electron chi connectivity index (χ4n) is 3.68. The van der Waals surface area contributed by atoms with E-state index in [1.54, 1.807) is 6.07 Å². The maximum atomic E-state index is 12.5. The third kappa shape index (κ3) is 2.83. The number of H-pyrrole nitrogens is 1. The zero-order chi connectivity index (χ0) is 19.3. The molecule has 0 saturated heterocycles. The van der Waals surface area contributed by atoms with Crippen LogP contribution in [0, 0.1) is 13.8 Å². The Bertz CT molecular complexity index is 1220. The fraction of sp³-hybridized carbons (Fsp3) is 0.227. The number of aromatic hydroxyl groups is 1. The minimum atomic E-state index is -0.0811. The number of thiophene rings is 1. The summed E-state index contributed by atoms with van der Waals surface area (Å²) in [6.45, 7) is 6.58. The van der Waals surface area contributed by atoms with Gasteiger partial charge in [0.2, 0.25) is 0 Å². The molecule has 0 amide bonds. The van der Waals surface area contributed by atoms with Crippen molar-refractivity contribution in [1.82, 2.24) is 4.98 Å². The normalized spacial score (nSPS) is 12.7. The number of pyridine rings is 1. The lowest BCUT2D eigenvalue weighted by Gasteiger charge is -2.14. The van der Waals surface area contributed by atoms with Gasteiger partial charge >= 0.3 is 0 Å². The molecule has 0 aliphatic carbocycles. The standard InChI is InChI=1S/C22H22N2O2S/c1-11-8-17(25)18(15-6-4-14(5-7-15)12(2)10-23)19-16-9-13(3)27-21(16)22(26)24-20(11)19/h4-9,12,25H,10,23H2,1-3H3,(H,24,26). The molecule has 0 radical (unpaired) electrons. The van der Waals surface area contributed by atoms with Gasteiger partial charge in [-0.25, -0.2) is 0 Å². The summed E-state index contributed by atoms with van der Waals surface area (Å²) < 4.78 is 0.694. The molecule has 0 bridgehead atoms. The second-order valence-electron chi connectivity index (χ2n) is 7.15. The first-order chi connectivity index (χ1) is 12.9. The van der Waals surface area contributed by atoms with Gasteiger partial charge in [-0.05, 0) is 55.1 Å². The highest BCUT2D eigenvalue weighted by Gasteiger charge is 2.18. The minimum Gasteiger partial charge on any atom is -0.507 e. The summed E-state index contributed by atoms with van der Waals surface area (Å²) in [5.41, 5.74) is 10.2. The van der Waals surface area contributed by atoms with E-state index < -0.39 is 0 Å². The molecule has 4 rings (SSSR count). The van der Waals surface area contributed by atoms with Gasteiger partial charge in [0.15, 0.2) is 0 Å². The van der Waals surface area contributed by atoms with Crippen LogP contribution in [0.25, 0.3) is 32.1 Å². The number of fused-ring (bicyclic) bond motifs is 3. The average Bonchev–Trinajstić information content (AvgIpc) is 3.05. The second kappa shape index (κ2) is 6.51. The predicted octanol–water partition coefficient (Wildman–Crippen LogP) is 4.79. The van der Waals surface area contributed by atoms with Crippen LogP contribution in [0.15, 0.2) is 41.2 Å². The molecule has 0 aliphatic rings. The van der Waals surface area contributed by atoms with E-state index in [2.05, 4.69) is 24.0 Å². The number of nitrogens with two attached hydrogens (primary N) is 1. The number of rotatable bonds is 3. The van der Waals surface area contributed by atoms with E-state index in [1.807, 2.05) is 32.0 Å². The van der Waals surface area contributed by atoms with Crippen LogP contribution in [0.3, 0.4) is 0 Å². The van der Waals surface area contributed by atoms with E-state index in [0.29, 0.717) is 11.2 Å². The number of phenols is 1. The molecule has 4 aromatic rings. The largest absolute Gasteiger partial charge is 0.507 e. The lowest BCUT2D eigenvalue weighted by atomic mass is 9.93. The Morgan fingerprint density at radius 3 is 2.56 bits per heavy atom. The van der Waals surface area contributed by atoms with Crippen LogP contribution in [0.4, 0.5) is 0 Å². The van der Waals surface area contributed by atoms with Gasteiger partial charge in [-0.15, -0.1) is 11.3 Å². The van der Waals surface area contributed by atoms with Crippen molar-refractivity contribution in [3.05, 3.63) is 62.8 Å². The monoisotopic (exact) mass is 378 g/mol. The van der Waals surface area contributed by atoms with E-state index >= 15 is 0 Å². The van der Waals surface area contributed by atoms with Crippen LogP contribution in [0.5, 0.6) is 5.75 Å². The smallest absolute Gasteiger partial charge is 0.266 e. The van der Waals surface area contributed by atoms with E-state index in [0.717, 1.165) is 37.9 Å². The Morgan fingerprint density at radius 2 is 1.89 bits per heavy atom. The number of hydrogen-bond acceptors (Lipinski definition) is 4. The van der Waals surface area contributed by atoms with Crippen molar-refractivity contribution < 1.29 is 5.11 Å².